The third kappa shape index (κ3) is 3.28. The highest BCUT2D eigenvalue weighted by Crippen LogP contribution is 2.30. The van der Waals surface area contributed by atoms with Gasteiger partial charge in [-0.05, 0) is 40.5 Å². The van der Waals surface area contributed by atoms with E-state index in [0.717, 1.165) is 16.1 Å². The van der Waals surface area contributed by atoms with Crippen molar-refractivity contribution in [3.05, 3.63) is 83.9 Å². The van der Waals surface area contributed by atoms with Crippen LogP contribution in [0.3, 0.4) is 0 Å². The van der Waals surface area contributed by atoms with E-state index in [2.05, 4.69) is 30.3 Å². The van der Waals surface area contributed by atoms with Crippen LogP contribution in [0.15, 0.2) is 78.9 Å². The van der Waals surface area contributed by atoms with Crippen molar-refractivity contribution in [2.24, 2.45) is 0 Å². The van der Waals surface area contributed by atoms with Crippen molar-refractivity contribution in [3.63, 3.8) is 0 Å². The number of halogens is 1. The van der Waals surface area contributed by atoms with Crippen LogP contribution >= 0.6 is 21.5 Å². The third-order valence-electron chi connectivity index (χ3n) is 3.11. The zero-order chi connectivity index (χ0) is 13.1. The highest BCUT2D eigenvalue weighted by Gasteiger charge is 2.03. The second kappa shape index (κ2) is 6.70. The molecule has 0 fully saturated rings. The fraction of sp³-hybridized carbons (Fsp3) is 0. The Labute approximate surface area is 128 Å². The lowest BCUT2D eigenvalue weighted by molar-refractivity contribution is 1.59. The monoisotopic (exact) mass is 298 g/mol. The van der Waals surface area contributed by atoms with Gasteiger partial charge in [0.15, 0.2) is 0 Å². The van der Waals surface area contributed by atoms with Crippen LogP contribution in [0.4, 0.5) is 0 Å². The predicted octanol–water partition coefficient (Wildman–Crippen LogP) is 5.73. The maximum atomic E-state index is 6.25. The van der Waals surface area contributed by atoms with Crippen LogP contribution in [0.1, 0.15) is 0 Å². The van der Waals surface area contributed by atoms with Crippen molar-refractivity contribution >= 4 is 21.5 Å². The maximum absolute atomic E-state index is 6.25. The normalized spacial score (nSPS) is 9.85. The number of benzene rings is 3. The van der Waals surface area contributed by atoms with Gasteiger partial charge >= 0.3 is 0 Å². The highest BCUT2D eigenvalue weighted by atomic mass is 35.5. The zero-order valence-corrected chi connectivity index (χ0v) is 13.3. The van der Waals surface area contributed by atoms with Crippen LogP contribution in [0.25, 0.3) is 22.3 Å². The lowest BCUT2D eigenvalue weighted by Gasteiger charge is -2.07. The molecule has 1 unspecified atom stereocenters. The first-order chi connectivity index (χ1) is 9.33. The topological polar surface area (TPSA) is 0 Å². The van der Waals surface area contributed by atoms with Crippen LogP contribution in [-0.2, 0) is 0 Å². The van der Waals surface area contributed by atoms with Gasteiger partial charge in [0.05, 0.1) is 0 Å². The Morgan fingerprint density at radius 1 is 0.500 bits per heavy atom. The van der Waals surface area contributed by atoms with Gasteiger partial charge in [-0.15, -0.1) is 0 Å². The van der Waals surface area contributed by atoms with Crippen LogP contribution < -0.4 is 0 Å². The smallest absolute Gasteiger partial charge is 0.0418 e. The number of hydrogen-bond acceptors (Lipinski definition) is 0. The van der Waals surface area contributed by atoms with Crippen molar-refractivity contribution in [1.29, 1.82) is 0 Å². The summed E-state index contributed by atoms with van der Waals surface area (Å²) in [6.45, 7) is 0. The summed E-state index contributed by atoms with van der Waals surface area (Å²) in [5, 5.41) is 0.764. The second-order valence-corrected chi connectivity index (χ2v) is 4.90. The van der Waals surface area contributed by atoms with Crippen molar-refractivity contribution in [2.45, 2.75) is 0 Å². The molecule has 0 saturated heterocycles. The molecule has 0 aliphatic heterocycles. The van der Waals surface area contributed by atoms with E-state index in [9.17, 15) is 0 Å². The van der Waals surface area contributed by atoms with E-state index in [4.69, 9.17) is 11.6 Å². The minimum Gasteiger partial charge on any atom is -0.153 e. The van der Waals surface area contributed by atoms with Gasteiger partial charge in [0, 0.05) is 5.02 Å². The standard InChI is InChI=1S/C18H13Cl.H3P/c19-18-12-16(14-7-3-1-4-8-14)11-17(13-18)15-9-5-2-6-10-15;/h1-13H;1H3. The molecule has 0 bridgehead atoms. The molecule has 0 aliphatic rings. The number of hydrogen-bond donors (Lipinski definition) is 0. The van der Waals surface area contributed by atoms with E-state index in [-0.39, 0.29) is 9.90 Å². The lowest BCUT2D eigenvalue weighted by Crippen LogP contribution is -1.82. The first-order valence-electron chi connectivity index (χ1n) is 6.24. The molecule has 0 aliphatic carbocycles. The van der Waals surface area contributed by atoms with Crippen LogP contribution in [0, 0.1) is 0 Å². The summed E-state index contributed by atoms with van der Waals surface area (Å²) in [6.07, 6.45) is 0. The van der Waals surface area contributed by atoms with Gasteiger partial charge in [0.2, 0.25) is 0 Å². The van der Waals surface area contributed by atoms with Gasteiger partial charge in [-0.3, -0.25) is 0 Å². The summed E-state index contributed by atoms with van der Waals surface area (Å²) in [5.74, 6) is 0. The van der Waals surface area contributed by atoms with E-state index in [1.807, 2.05) is 48.5 Å². The first kappa shape index (κ1) is 14.8. The minimum absolute atomic E-state index is 0. The number of rotatable bonds is 2. The van der Waals surface area contributed by atoms with Gasteiger partial charge in [-0.25, -0.2) is 0 Å². The van der Waals surface area contributed by atoms with Crippen LogP contribution in [-0.4, -0.2) is 0 Å². The zero-order valence-electron chi connectivity index (χ0n) is 11.1. The van der Waals surface area contributed by atoms with Crippen molar-refractivity contribution in [1.82, 2.24) is 0 Å². The summed E-state index contributed by atoms with van der Waals surface area (Å²) in [6, 6.07) is 26.8. The molecule has 0 amide bonds. The third-order valence-corrected chi connectivity index (χ3v) is 3.33. The molecule has 3 aromatic rings. The Morgan fingerprint density at radius 2 is 0.900 bits per heavy atom. The summed E-state index contributed by atoms with van der Waals surface area (Å²) >= 11 is 6.25. The summed E-state index contributed by atoms with van der Waals surface area (Å²) in [4.78, 5) is 0. The molecule has 0 N–H and O–H groups in total. The Morgan fingerprint density at radius 3 is 1.30 bits per heavy atom. The molecule has 1 atom stereocenters. The van der Waals surface area contributed by atoms with E-state index in [0.29, 0.717) is 0 Å². The Bertz CT molecular complexity index is 621. The predicted molar refractivity (Wildman–Crippen MR) is 93.4 cm³/mol. The molecule has 0 aromatic heterocycles. The molecule has 0 saturated carbocycles. The van der Waals surface area contributed by atoms with Crippen molar-refractivity contribution in [3.8, 4) is 22.3 Å². The van der Waals surface area contributed by atoms with Gasteiger partial charge in [-0.2, -0.15) is 9.90 Å². The van der Waals surface area contributed by atoms with E-state index < -0.39 is 0 Å². The highest BCUT2D eigenvalue weighted by molar-refractivity contribution is 6.92. The van der Waals surface area contributed by atoms with Crippen molar-refractivity contribution < 1.29 is 0 Å². The molecule has 0 heterocycles. The van der Waals surface area contributed by atoms with Gasteiger partial charge < -0.3 is 0 Å². The summed E-state index contributed by atoms with van der Waals surface area (Å²) < 4.78 is 0. The van der Waals surface area contributed by atoms with Gasteiger partial charge in [0.25, 0.3) is 0 Å². The summed E-state index contributed by atoms with van der Waals surface area (Å²) in [5.41, 5.74) is 4.66. The van der Waals surface area contributed by atoms with E-state index in [1.54, 1.807) is 0 Å². The molecule has 0 nitrogen and oxygen atoms in total. The molecule has 0 radical (unpaired) electrons. The fourth-order valence-electron chi connectivity index (χ4n) is 2.18. The SMILES string of the molecule is Clc1cc(-c2ccccc2)cc(-c2ccccc2)c1.P. The Balaban J connectivity index is 0.00000147. The van der Waals surface area contributed by atoms with Crippen molar-refractivity contribution in [2.75, 3.05) is 0 Å². The minimum atomic E-state index is 0. The van der Waals surface area contributed by atoms with Crippen LogP contribution in [0.5, 0.6) is 0 Å². The largest absolute Gasteiger partial charge is 0.153 e. The quantitative estimate of drug-likeness (QED) is 0.530. The van der Waals surface area contributed by atoms with Gasteiger partial charge in [0.1, 0.15) is 0 Å². The first-order valence-corrected chi connectivity index (χ1v) is 6.62. The van der Waals surface area contributed by atoms with Gasteiger partial charge in [-0.1, -0.05) is 72.3 Å². The average molecular weight is 299 g/mol. The van der Waals surface area contributed by atoms with E-state index in [1.165, 1.54) is 11.1 Å². The average Bonchev–Trinajstić information content (AvgIpc) is 2.48. The molecule has 100 valence electrons. The molecule has 2 heteroatoms. The van der Waals surface area contributed by atoms with E-state index >= 15 is 0 Å². The molecule has 3 aromatic carbocycles. The second-order valence-electron chi connectivity index (χ2n) is 4.46. The summed E-state index contributed by atoms with van der Waals surface area (Å²) in [7, 11) is 0. The Hall–Kier alpha value is -1.62. The molecule has 20 heavy (non-hydrogen) atoms. The molecule has 0 spiro atoms. The molecular formula is C18H16ClP. The molecule has 3 rings (SSSR count). The van der Waals surface area contributed by atoms with Crippen LogP contribution in [0.2, 0.25) is 5.02 Å². The maximum Gasteiger partial charge on any atom is 0.0418 e. The lowest BCUT2D eigenvalue weighted by atomic mass is 9.99. The molecular weight excluding hydrogens is 283 g/mol. The Kier molecular flexibility index (Phi) is 4.95. The fourth-order valence-corrected chi connectivity index (χ4v) is 2.42.